The van der Waals surface area contributed by atoms with Gasteiger partial charge in [-0.1, -0.05) is 0 Å². The molecule has 0 bridgehead atoms. The number of hydrogen-bond donors (Lipinski definition) is 0. The van der Waals surface area contributed by atoms with Gasteiger partial charge in [0.15, 0.2) is 0 Å². The van der Waals surface area contributed by atoms with Crippen LogP contribution in [0.25, 0.3) is 0 Å². The summed E-state index contributed by atoms with van der Waals surface area (Å²) in [4.78, 5) is 0. The van der Waals surface area contributed by atoms with E-state index < -0.39 is 0 Å². The Morgan fingerprint density at radius 1 is 0.500 bits per heavy atom. The fourth-order valence-corrected chi connectivity index (χ4v) is 0. The Balaban J connectivity index is 0. The summed E-state index contributed by atoms with van der Waals surface area (Å²) in [6.07, 6.45) is 0. The van der Waals surface area contributed by atoms with Gasteiger partial charge >= 0.3 is 105 Å². The van der Waals surface area contributed by atoms with Crippen molar-refractivity contribution < 1.29 is 59.1 Å². The van der Waals surface area contributed by atoms with Crippen molar-refractivity contribution >= 4 is 117 Å². The summed E-state index contributed by atoms with van der Waals surface area (Å²) in [5.74, 6) is 0. The van der Waals surface area contributed by atoms with Gasteiger partial charge in [0.1, 0.15) is 0 Å². The summed E-state index contributed by atoms with van der Waals surface area (Å²) < 4.78 is 0. The van der Waals surface area contributed by atoms with E-state index in [9.17, 15) is 0 Å². The zero-order valence-electron chi connectivity index (χ0n) is 5.00. The topological polar surface area (TPSA) is 0 Å². The first kappa shape index (κ1) is 70.4. The smallest absolute Gasteiger partial charge is 0.813 e. The molecule has 0 aliphatic rings. The second kappa shape index (κ2) is 55.1. The third-order valence-corrected chi connectivity index (χ3v) is 0. The molecule has 0 rings (SSSR count). The van der Waals surface area contributed by atoms with Crippen LogP contribution in [0.1, 0.15) is 0 Å². The number of thiol groups is 4. The summed E-state index contributed by atoms with van der Waals surface area (Å²) in [7, 11) is 0. The van der Waals surface area contributed by atoms with Crippen LogP contribution in [0.4, 0.5) is 0 Å². The van der Waals surface area contributed by atoms with Crippen molar-refractivity contribution in [3.63, 3.8) is 0 Å². The molecule has 4 radical (unpaired) electrons. The molecule has 0 aromatic heterocycles. The molecule has 0 aromatic carbocycles. The zero-order chi connectivity index (χ0) is 0. The average Bonchev–Trinajstić information content (AvgIpc) is 0. The molecule has 36 valence electrons. The summed E-state index contributed by atoms with van der Waals surface area (Å²) in [5.41, 5.74) is 0. The molecular formula is H4GeNa2S4Sr. The van der Waals surface area contributed by atoms with Gasteiger partial charge in [-0.3, -0.25) is 0 Å². The predicted octanol–water partition coefficient (Wildman–Crippen LogP) is -7.83. The maximum Gasteiger partial charge on any atom is 2.00 e. The summed E-state index contributed by atoms with van der Waals surface area (Å²) in [6, 6.07) is 0. The van der Waals surface area contributed by atoms with Crippen LogP contribution in [0.5, 0.6) is 0 Å². The van der Waals surface area contributed by atoms with Crippen LogP contribution in [0.2, 0.25) is 0 Å². The van der Waals surface area contributed by atoms with Crippen LogP contribution in [0, 0.1) is 0 Å². The Labute approximate surface area is 171 Å². The van der Waals surface area contributed by atoms with Gasteiger partial charge in [0.05, 0.1) is 0 Å². The molecule has 0 aliphatic carbocycles. The van der Waals surface area contributed by atoms with Gasteiger partial charge in [-0.15, -0.1) is 0 Å². The van der Waals surface area contributed by atoms with E-state index in [1.807, 2.05) is 0 Å². The number of rotatable bonds is 0. The van der Waals surface area contributed by atoms with Gasteiger partial charge in [-0.25, -0.2) is 0 Å². The minimum Gasteiger partial charge on any atom is -0.813 e. The maximum atomic E-state index is 0. The van der Waals surface area contributed by atoms with E-state index in [0.717, 1.165) is 0 Å². The van der Waals surface area contributed by atoms with Gasteiger partial charge in [0.2, 0.25) is 0 Å². The van der Waals surface area contributed by atoms with E-state index in [4.69, 9.17) is 0 Å². The van der Waals surface area contributed by atoms with Crippen molar-refractivity contribution in [2.24, 2.45) is 0 Å². The SMILES string of the molecule is [Ge].[Na+].[Na+].[SH-].[SH-].[SH-].[SH-].[Sr+2]. The Morgan fingerprint density at radius 2 is 0.500 bits per heavy atom. The second-order valence-corrected chi connectivity index (χ2v) is 0. The Morgan fingerprint density at radius 3 is 0.500 bits per heavy atom. The molecule has 8 heavy (non-hydrogen) atoms. The Bertz CT molecular complexity index is 14.0. The molecular weight excluding hydrogens is 334 g/mol. The van der Waals surface area contributed by atoms with Crippen LogP contribution in [-0.4, -0.2) is 63.1 Å². The fraction of sp³-hybridized carbons (Fsp3) is 0. The van der Waals surface area contributed by atoms with Crippen molar-refractivity contribution in [3.8, 4) is 0 Å². The molecule has 0 nitrogen and oxygen atoms in total. The Hall–Kier alpha value is 5.42. The molecule has 0 saturated heterocycles. The molecule has 0 amide bonds. The van der Waals surface area contributed by atoms with Crippen LogP contribution in [0.3, 0.4) is 0 Å². The van der Waals surface area contributed by atoms with Gasteiger partial charge in [0.25, 0.3) is 0 Å². The van der Waals surface area contributed by atoms with Gasteiger partial charge in [-0.2, -0.15) is 0 Å². The number of hydrogen-bond acceptors (Lipinski definition) is 4. The Kier molecular flexibility index (Phi) is 485. The molecule has 0 saturated carbocycles. The first-order valence-electron chi connectivity index (χ1n) is 0. The van der Waals surface area contributed by atoms with Crippen molar-refractivity contribution in [2.75, 3.05) is 0 Å². The monoisotopic (exact) mass is 340 g/mol. The molecule has 0 atom stereocenters. The van der Waals surface area contributed by atoms with Gasteiger partial charge in [0, 0.05) is 17.6 Å². The van der Waals surface area contributed by atoms with E-state index in [1.165, 1.54) is 0 Å². The van der Waals surface area contributed by atoms with E-state index >= 15 is 0 Å². The van der Waals surface area contributed by atoms with Gasteiger partial charge in [-0.05, 0) is 0 Å². The van der Waals surface area contributed by atoms with Crippen molar-refractivity contribution in [1.29, 1.82) is 0 Å². The molecule has 0 unspecified atom stereocenters. The van der Waals surface area contributed by atoms with E-state index in [1.54, 1.807) is 0 Å². The molecule has 0 fully saturated rings. The quantitative estimate of drug-likeness (QED) is 0.244. The normalized spacial score (nSPS) is 0. The summed E-state index contributed by atoms with van der Waals surface area (Å²) in [6.45, 7) is 0. The van der Waals surface area contributed by atoms with Crippen molar-refractivity contribution in [3.05, 3.63) is 0 Å². The minimum atomic E-state index is 0. The summed E-state index contributed by atoms with van der Waals surface area (Å²) in [5, 5.41) is 0. The van der Waals surface area contributed by atoms with E-state index in [-0.39, 0.29) is 176 Å². The molecule has 0 spiro atoms. The van der Waals surface area contributed by atoms with Crippen LogP contribution in [-0.2, 0) is 54.0 Å². The molecule has 0 aliphatic heterocycles. The van der Waals surface area contributed by atoms with E-state index in [0.29, 0.717) is 0 Å². The first-order valence-corrected chi connectivity index (χ1v) is 0. The average molecular weight is 339 g/mol. The zero-order valence-corrected chi connectivity index (χ0v) is 18.1. The third-order valence-electron chi connectivity index (χ3n) is 0. The molecule has 8 heteroatoms. The fourth-order valence-electron chi connectivity index (χ4n) is 0. The largest absolute Gasteiger partial charge is 2.00 e. The second-order valence-electron chi connectivity index (χ2n) is 0. The molecule has 0 heterocycles. The van der Waals surface area contributed by atoms with Crippen LogP contribution < -0.4 is 59.1 Å². The summed E-state index contributed by atoms with van der Waals surface area (Å²) >= 11 is 0. The van der Waals surface area contributed by atoms with Crippen LogP contribution >= 0.6 is 0 Å². The van der Waals surface area contributed by atoms with Gasteiger partial charge < -0.3 is 54.0 Å². The van der Waals surface area contributed by atoms with Crippen molar-refractivity contribution in [2.45, 2.75) is 0 Å². The molecule has 0 N–H and O–H groups in total. The first-order chi connectivity index (χ1) is 0. The standard InChI is InChI=1S/Ge.2Na.4H2S.Sr/h;;;4*1H2;/q;2*+1;;;;;+2/p-4. The predicted molar refractivity (Wildman–Crippen MR) is 46.5 cm³/mol. The minimum absolute atomic E-state index is 0. The van der Waals surface area contributed by atoms with Crippen LogP contribution in [0.15, 0.2) is 0 Å². The molecule has 0 aromatic rings. The van der Waals surface area contributed by atoms with Crippen molar-refractivity contribution in [1.82, 2.24) is 0 Å². The third kappa shape index (κ3) is 42.2. The van der Waals surface area contributed by atoms with E-state index in [2.05, 4.69) is 0 Å². The maximum absolute atomic E-state index is 0.